The highest BCUT2D eigenvalue weighted by Gasteiger charge is 2.11. The molecule has 1 aromatic carbocycles. The molecule has 0 radical (unpaired) electrons. The van der Waals surface area contributed by atoms with Crippen molar-refractivity contribution in [2.75, 3.05) is 14.2 Å². The van der Waals surface area contributed by atoms with Crippen molar-refractivity contribution in [3.8, 4) is 22.6 Å². The van der Waals surface area contributed by atoms with Gasteiger partial charge in [-0.25, -0.2) is 0 Å². The van der Waals surface area contributed by atoms with E-state index in [1.807, 2.05) is 0 Å². The van der Waals surface area contributed by atoms with Crippen LogP contribution in [0.1, 0.15) is 0 Å². The largest absolute Gasteiger partial charge is 0.497 e. The summed E-state index contributed by atoms with van der Waals surface area (Å²) in [5, 5.41) is 5.13. The molecule has 1 heterocycles. The van der Waals surface area contributed by atoms with Gasteiger partial charge in [0, 0.05) is 17.8 Å². The highest BCUT2D eigenvalue weighted by molar-refractivity contribution is 5.70. The number of ether oxygens (including phenoxy) is 2. The first kappa shape index (κ1) is 10.4. The molecule has 1 aromatic heterocycles. The van der Waals surface area contributed by atoms with Gasteiger partial charge in [-0.2, -0.15) is 0 Å². The fourth-order valence-corrected chi connectivity index (χ4v) is 1.53. The lowest BCUT2D eigenvalue weighted by molar-refractivity contribution is 0.395. The predicted molar refractivity (Wildman–Crippen MR) is 60.0 cm³/mol. The lowest BCUT2D eigenvalue weighted by Gasteiger charge is -2.08. The molecule has 0 aliphatic heterocycles. The van der Waals surface area contributed by atoms with Crippen LogP contribution in [0.2, 0.25) is 0 Å². The van der Waals surface area contributed by atoms with Crippen molar-refractivity contribution in [1.29, 1.82) is 0 Å². The Morgan fingerprint density at radius 2 is 1.94 bits per heavy atom. The number of nitrogens with one attached hydrogen (secondary N) is 2. The van der Waals surface area contributed by atoms with Gasteiger partial charge in [0.15, 0.2) is 0 Å². The van der Waals surface area contributed by atoms with E-state index in [9.17, 15) is 4.79 Å². The zero-order valence-corrected chi connectivity index (χ0v) is 9.03. The normalized spacial score (nSPS) is 10.1. The fraction of sp³-hybridized carbons (Fsp3) is 0.182. The zero-order valence-electron chi connectivity index (χ0n) is 9.03. The first-order chi connectivity index (χ1) is 7.76. The van der Waals surface area contributed by atoms with E-state index in [-0.39, 0.29) is 5.56 Å². The maximum absolute atomic E-state index is 11.5. The summed E-state index contributed by atoms with van der Waals surface area (Å²) in [6.07, 6.45) is 1.60. The Labute approximate surface area is 92.0 Å². The highest BCUT2D eigenvalue weighted by Crippen LogP contribution is 2.30. The third-order valence-corrected chi connectivity index (χ3v) is 2.35. The molecule has 0 amide bonds. The van der Waals surface area contributed by atoms with E-state index in [1.54, 1.807) is 38.6 Å². The summed E-state index contributed by atoms with van der Waals surface area (Å²) in [4.78, 5) is 11.5. The Kier molecular flexibility index (Phi) is 2.68. The van der Waals surface area contributed by atoms with E-state index in [1.165, 1.54) is 0 Å². The van der Waals surface area contributed by atoms with Gasteiger partial charge < -0.3 is 14.6 Å². The summed E-state index contributed by atoms with van der Waals surface area (Å²) >= 11 is 0. The van der Waals surface area contributed by atoms with Crippen LogP contribution in [-0.2, 0) is 0 Å². The summed E-state index contributed by atoms with van der Waals surface area (Å²) in [6, 6.07) is 5.31. The smallest absolute Gasteiger partial charge is 0.271 e. The highest BCUT2D eigenvalue weighted by atomic mass is 16.5. The van der Waals surface area contributed by atoms with Gasteiger partial charge in [-0.3, -0.25) is 9.89 Å². The molecule has 5 heteroatoms. The molecular weight excluding hydrogens is 208 g/mol. The van der Waals surface area contributed by atoms with Crippen LogP contribution in [0.4, 0.5) is 0 Å². The SMILES string of the molecule is COc1ccc(-c2c[nH][nH]c2=O)c(OC)c1. The number of methoxy groups -OCH3 is 2. The van der Waals surface area contributed by atoms with Crippen molar-refractivity contribution >= 4 is 0 Å². The Balaban J connectivity index is 2.57. The minimum atomic E-state index is -0.177. The van der Waals surface area contributed by atoms with E-state index in [0.717, 1.165) is 5.56 Å². The van der Waals surface area contributed by atoms with Crippen LogP contribution >= 0.6 is 0 Å². The quantitative estimate of drug-likeness (QED) is 0.821. The third kappa shape index (κ3) is 1.67. The number of aromatic nitrogens is 2. The number of rotatable bonds is 3. The Bertz CT molecular complexity index is 542. The van der Waals surface area contributed by atoms with E-state index in [4.69, 9.17) is 9.47 Å². The third-order valence-electron chi connectivity index (χ3n) is 2.35. The van der Waals surface area contributed by atoms with Crippen LogP contribution in [0.5, 0.6) is 11.5 Å². The van der Waals surface area contributed by atoms with Crippen LogP contribution in [0, 0.1) is 0 Å². The van der Waals surface area contributed by atoms with Crippen molar-refractivity contribution in [3.63, 3.8) is 0 Å². The summed E-state index contributed by atoms with van der Waals surface area (Å²) in [5.41, 5.74) is 1.09. The molecule has 2 rings (SSSR count). The topological polar surface area (TPSA) is 67.1 Å². The molecule has 84 valence electrons. The molecule has 2 N–H and O–H groups in total. The minimum absolute atomic E-state index is 0.177. The molecule has 0 unspecified atom stereocenters. The first-order valence-electron chi connectivity index (χ1n) is 4.74. The minimum Gasteiger partial charge on any atom is -0.497 e. The Hall–Kier alpha value is -2.17. The van der Waals surface area contributed by atoms with Crippen LogP contribution in [0.15, 0.2) is 29.2 Å². The second-order valence-corrected chi connectivity index (χ2v) is 3.22. The fourth-order valence-electron chi connectivity index (χ4n) is 1.53. The van der Waals surface area contributed by atoms with Gasteiger partial charge in [-0.05, 0) is 12.1 Å². The summed E-state index contributed by atoms with van der Waals surface area (Å²) in [6.45, 7) is 0. The van der Waals surface area contributed by atoms with Crippen LogP contribution < -0.4 is 15.0 Å². The summed E-state index contributed by atoms with van der Waals surface area (Å²) in [5.74, 6) is 1.29. The lowest BCUT2D eigenvalue weighted by atomic mass is 10.1. The van der Waals surface area contributed by atoms with Crippen molar-refractivity contribution in [3.05, 3.63) is 34.7 Å². The molecule has 0 saturated heterocycles. The van der Waals surface area contributed by atoms with Gasteiger partial charge in [0.25, 0.3) is 5.56 Å². The molecule has 0 spiro atoms. The Morgan fingerprint density at radius 3 is 2.50 bits per heavy atom. The molecule has 0 aliphatic carbocycles. The number of hydrogen-bond donors (Lipinski definition) is 2. The molecule has 5 nitrogen and oxygen atoms in total. The van der Waals surface area contributed by atoms with Gasteiger partial charge in [0.05, 0.1) is 19.8 Å². The maximum atomic E-state index is 11.5. The summed E-state index contributed by atoms with van der Waals surface area (Å²) < 4.78 is 10.3. The maximum Gasteiger partial charge on any atom is 0.271 e. The first-order valence-corrected chi connectivity index (χ1v) is 4.74. The monoisotopic (exact) mass is 220 g/mol. The summed E-state index contributed by atoms with van der Waals surface area (Å²) in [7, 11) is 3.14. The predicted octanol–water partition coefficient (Wildman–Crippen LogP) is 1.39. The average Bonchev–Trinajstić information content (AvgIpc) is 2.74. The number of aromatic amines is 2. The second kappa shape index (κ2) is 4.14. The van der Waals surface area contributed by atoms with E-state index < -0.39 is 0 Å². The van der Waals surface area contributed by atoms with Gasteiger partial charge in [0.1, 0.15) is 11.5 Å². The van der Waals surface area contributed by atoms with Crippen LogP contribution in [0.3, 0.4) is 0 Å². The lowest BCUT2D eigenvalue weighted by Crippen LogP contribution is -2.02. The van der Waals surface area contributed by atoms with Crippen molar-refractivity contribution in [2.45, 2.75) is 0 Å². The molecule has 0 fully saturated rings. The zero-order chi connectivity index (χ0) is 11.5. The number of benzene rings is 1. The van der Waals surface area contributed by atoms with Gasteiger partial charge in [-0.15, -0.1) is 0 Å². The number of hydrogen-bond acceptors (Lipinski definition) is 3. The van der Waals surface area contributed by atoms with Gasteiger partial charge in [-0.1, -0.05) is 0 Å². The van der Waals surface area contributed by atoms with Crippen molar-refractivity contribution in [2.24, 2.45) is 0 Å². The molecular formula is C11H12N2O3. The molecule has 0 atom stereocenters. The van der Waals surface area contributed by atoms with E-state index >= 15 is 0 Å². The molecule has 0 saturated carbocycles. The van der Waals surface area contributed by atoms with Crippen molar-refractivity contribution < 1.29 is 9.47 Å². The Morgan fingerprint density at radius 1 is 1.12 bits per heavy atom. The second-order valence-electron chi connectivity index (χ2n) is 3.22. The molecule has 0 aliphatic rings. The standard InChI is InChI=1S/C11H12N2O3/c1-15-7-3-4-8(10(5-7)16-2)9-6-12-13-11(9)14/h3-6H,1-2H3,(H2,12,13,14). The van der Waals surface area contributed by atoms with Crippen molar-refractivity contribution in [1.82, 2.24) is 10.2 Å². The van der Waals surface area contributed by atoms with Gasteiger partial charge >= 0.3 is 0 Å². The van der Waals surface area contributed by atoms with Gasteiger partial charge in [0.2, 0.25) is 0 Å². The average molecular weight is 220 g/mol. The number of H-pyrrole nitrogens is 2. The molecule has 2 aromatic rings. The van der Waals surface area contributed by atoms with Crippen LogP contribution in [-0.4, -0.2) is 24.4 Å². The van der Waals surface area contributed by atoms with E-state index in [0.29, 0.717) is 17.1 Å². The molecule has 16 heavy (non-hydrogen) atoms. The van der Waals surface area contributed by atoms with Crippen LogP contribution in [0.25, 0.3) is 11.1 Å². The van der Waals surface area contributed by atoms with E-state index in [2.05, 4.69) is 10.2 Å². The molecule has 0 bridgehead atoms.